The third-order valence-corrected chi connectivity index (χ3v) is 6.71. The normalized spacial score (nSPS) is 10.9. The van der Waals surface area contributed by atoms with Crippen LogP contribution < -0.4 is 20.9 Å². The lowest BCUT2D eigenvalue weighted by Crippen LogP contribution is -2.17. The van der Waals surface area contributed by atoms with Crippen molar-refractivity contribution in [2.24, 2.45) is 0 Å². The number of carbonyl (C=O) groups is 1. The van der Waals surface area contributed by atoms with Crippen molar-refractivity contribution in [2.45, 2.75) is 20.2 Å². The average molecular weight is 730 g/mol. The van der Waals surface area contributed by atoms with E-state index >= 15 is 0 Å². The molecule has 0 spiro atoms. The number of imidazole rings is 1. The van der Waals surface area contributed by atoms with Crippen LogP contribution in [0.25, 0.3) is 22.4 Å². The van der Waals surface area contributed by atoms with E-state index in [1.54, 1.807) is 12.1 Å². The van der Waals surface area contributed by atoms with Crippen LogP contribution in [0.5, 0.6) is 11.5 Å². The molecular weight excluding hydrogens is 708 g/mol. The van der Waals surface area contributed by atoms with Gasteiger partial charge in [-0.1, -0.05) is 53.8 Å². The molecule has 1 heterocycles. The van der Waals surface area contributed by atoms with E-state index in [0.717, 1.165) is 12.1 Å². The lowest BCUT2D eigenvalue weighted by molar-refractivity contribution is -0.275. The maximum absolute atomic E-state index is 12.1. The number of nitrogens with one attached hydrogen (secondary N) is 1. The van der Waals surface area contributed by atoms with E-state index in [4.69, 9.17) is 57.9 Å². The number of halogens is 10. The van der Waals surface area contributed by atoms with Gasteiger partial charge >= 0.3 is 12.7 Å². The molecule has 5 rings (SSSR count). The van der Waals surface area contributed by atoms with Crippen molar-refractivity contribution in [3.8, 4) is 22.9 Å². The summed E-state index contributed by atoms with van der Waals surface area (Å²) < 4.78 is 78.6. The van der Waals surface area contributed by atoms with E-state index in [9.17, 15) is 31.1 Å². The maximum atomic E-state index is 12.1. The van der Waals surface area contributed by atoms with E-state index in [2.05, 4.69) is 19.4 Å². The Kier molecular flexibility index (Phi) is 13.3. The predicted molar refractivity (Wildman–Crippen MR) is 169 cm³/mol. The van der Waals surface area contributed by atoms with Crippen LogP contribution in [-0.2, 0) is 0 Å². The molecule has 0 aliphatic rings. The second kappa shape index (κ2) is 16.0. The van der Waals surface area contributed by atoms with Gasteiger partial charge in [-0.3, -0.25) is 4.79 Å². The van der Waals surface area contributed by atoms with Crippen LogP contribution in [0.3, 0.4) is 0 Å². The number of nitrogens with zero attached hydrogens (tertiary/aromatic N) is 1. The largest absolute Gasteiger partial charge is 0.573 e. The minimum Gasteiger partial charge on any atom is -0.406 e. The Hall–Kier alpha value is -4.04. The van der Waals surface area contributed by atoms with Gasteiger partial charge in [0.25, 0.3) is 0 Å². The highest BCUT2D eigenvalue weighted by atomic mass is 35.5. The van der Waals surface area contributed by atoms with Crippen LogP contribution in [0, 0.1) is 0 Å². The molecule has 5 aromatic rings. The minimum absolute atomic E-state index is 0. The molecule has 246 valence electrons. The van der Waals surface area contributed by atoms with Crippen LogP contribution in [0.1, 0.15) is 17.8 Å². The fourth-order valence-corrected chi connectivity index (χ4v) is 3.95. The van der Waals surface area contributed by atoms with Gasteiger partial charge in [-0.05, 0) is 72.8 Å². The molecule has 0 amide bonds. The van der Waals surface area contributed by atoms with Crippen molar-refractivity contribution < 1.29 is 40.6 Å². The summed E-state index contributed by atoms with van der Waals surface area (Å²) in [5.41, 5.74) is 14.0. The average Bonchev–Trinajstić information content (AvgIpc) is 3.34. The number of anilines is 2. The van der Waals surface area contributed by atoms with E-state index < -0.39 is 12.7 Å². The predicted octanol–water partition coefficient (Wildman–Crippen LogP) is 10.6. The van der Waals surface area contributed by atoms with Crippen molar-refractivity contribution in [1.82, 2.24) is 9.97 Å². The van der Waals surface area contributed by atoms with Gasteiger partial charge in [-0.2, -0.15) is 0 Å². The summed E-state index contributed by atoms with van der Waals surface area (Å²) in [6.45, 7) is 0. The first-order chi connectivity index (χ1) is 20.9. The third kappa shape index (κ3) is 11.7. The number of rotatable bonds is 4. The zero-order valence-corrected chi connectivity index (χ0v) is 25.1. The molecular formula is C29H22Cl4F6N4O3. The molecule has 17 heteroatoms. The number of aromatic amines is 1. The number of hydrogen-bond acceptors (Lipinski definition) is 6. The summed E-state index contributed by atoms with van der Waals surface area (Å²) >= 11 is 23.1. The number of hydrogen-bond donors (Lipinski definition) is 3. The number of aromatic nitrogens is 2. The highest BCUT2D eigenvalue weighted by molar-refractivity contribution is 6.43. The van der Waals surface area contributed by atoms with Crippen molar-refractivity contribution in [1.29, 1.82) is 0 Å². The molecule has 4 aromatic carbocycles. The lowest BCUT2D eigenvalue weighted by atomic mass is 10.2. The van der Waals surface area contributed by atoms with Gasteiger partial charge < -0.3 is 25.9 Å². The Morgan fingerprint density at radius 2 is 1.09 bits per heavy atom. The first-order valence-electron chi connectivity index (χ1n) is 12.0. The van der Waals surface area contributed by atoms with Crippen molar-refractivity contribution in [3.63, 3.8) is 0 Å². The first kappa shape index (κ1) is 38.1. The summed E-state index contributed by atoms with van der Waals surface area (Å²) in [5.74, 6) is -0.136. The zero-order chi connectivity index (χ0) is 33.5. The van der Waals surface area contributed by atoms with Gasteiger partial charge in [0.15, 0.2) is 0 Å². The molecule has 0 fully saturated rings. The standard InChI is InChI=1S/C14H7Cl2F3N2O.C8H5F3O2.C6H6Cl2N2.CH4/c15-9-5-11-12(6-10(9)16)21-13(20-11)7-1-3-8(4-2-7)22-14(17,18)19;9-8(10,11)13-7-3-1-6(5-12)2-4-7;7-3-1-5(9)6(10)2-4(3)8;/h1-6H,(H,20,21);1-5H;1-2H,9-10H2;1H4. The highest BCUT2D eigenvalue weighted by Gasteiger charge is 2.31. The van der Waals surface area contributed by atoms with Gasteiger partial charge in [0.1, 0.15) is 23.6 Å². The number of nitrogen functional groups attached to an aromatic ring is 2. The van der Waals surface area contributed by atoms with Gasteiger partial charge in [-0.25, -0.2) is 4.98 Å². The number of fused-ring (bicyclic) bond motifs is 1. The number of nitrogens with two attached hydrogens (primary N) is 2. The molecule has 0 saturated carbocycles. The Morgan fingerprint density at radius 3 is 1.52 bits per heavy atom. The van der Waals surface area contributed by atoms with Gasteiger partial charge in [0.05, 0.1) is 42.5 Å². The fourth-order valence-electron chi connectivity index (χ4n) is 3.28. The topological polar surface area (TPSA) is 116 Å². The summed E-state index contributed by atoms with van der Waals surface area (Å²) in [6.07, 6.45) is -8.87. The van der Waals surface area contributed by atoms with E-state index in [1.807, 2.05) is 0 Å². The van der Waals surface area contributed by atoms with E-state index in [1.165, 1.54) is 48.5 Å². The fraction of sp³-hybridized carbons (Fsp3) is 0.103. The zero-order valence-electron chi connectivity index (χ0n) is 22.1. The second-order valence-corrected chi connectivity index (χ2v) is 10.2. The van der Waals surface area contributed by atoms with Crippen LogP contribution in [0.4, 0.5) is 37.7 Å². The molecule has 1 aromatic heterocycles. The Bertz CT molecular complexity index is 1680. The molecule has 7 nitrogen and oxygen atoms in total. The monoisotopic (exact) mass is 728 g/mol. The molecule has 0 atom stereocenters. The van der Waals surface area contributed by atoms with Crippen molar-refractivity contribution in [3.05, 3.63) is 98.5 Å². The molecule has 0 aliphatic carbocycles. The van der Waals surface area contributed by atoms with Crippen molar-refractivity contribution in [2.75, 3.05) is 11.5 Å². The maximum Gasteiger partial charge on any atom is 0.573 e. The number of H-pyrrole nitrogens is 1. The number of alkyl halides is 6. The van der Waals surface area contributed by atoms with Gasteiger partial charge in [0, 0.05) is 11.1 Å². The van der Waals surface area contributed by atoms with Crippen LogP contribution in [0.2, 0.25) is 20.1 Å². The van der Waals surface area contributed by atoms with Crippen molar-refractivity contribution >= 4 is 75.1 Å². The van der Waals surface area contributed by atoms with Gasteiger partial charge in [-0.15, -0.1) is 26.3 Å². The highest BCUT2D eigenvalue weighted by Crippen LogP contribution is 2.31. The SMILES string of the molecule is C.FC(F)(F)Oc1ccc(-c2nc3cc(Cl)c(Cl)cc3[nH]2)cc1.Nc1cc(Cl)c(Cl)cc1N.O=Cc1ccc(OC(F)(F)F)cc1. The molecule has 0 radical (unpaired) electrons. The number of carbonyl (C=O) groups excluding carboxylic acids is 1. The second-order valence-electron chi connectivity index (χ2n) is 8.57. The number of benzene rings is 4. The molecule has 0 unspecified atom stereocenters. The lowest BCUT2D eigenvalue weighted by Gasteiger charge is -2.08. The quantitative estimate of drug-likeness (QED) is 0.0963. The smallest absolute Gasteiger partial charge is 0.406 e. The number of aldehydes is 1. The van der Waals surface area contributed by atoms with Crippen LogP contribution in [0.15, 0.2) is 72.8 Å². The summed E-state index contributed by atoms with van der Waals surface area (Å²) in [7, 11) is 0. The summed E-state index contributed by atoms with van der Waals surface area (Å²) in [6, 6.07) is 16.3. The summed E-state index contributed by atoms with van der Waals surface area (Å²) in [4.78, 5) is 17.5. The molecule has 0 bridgehead atoms. The van der Waals surface area contributed by atoms with Gasteiger partial charge in [0.2, 0.25) is 0 Å². The van der Waals surface area contributed by atoms with E-state index in [0.29, 0.717) is 65.7 Å². The van der Waals surface area contributed by atoms with Crippen LogP contribution in [-0.4, -0.2) is 29.0 Å². The Balaban J connectivity index is 0.000000262. The summed E-state index contributed by atoms with van der Waals surface area (Å²) in [5, 5.41) is 1.61. The molecule has 0 aliphatic heterocycles. The number of ether oxygens (including phenoxy) is 2. The van der Waals surface area contributed by atoms with Crippen LogP contribution >= 0.6 is 46.4 Å². The Labute approximate surface area is 277 Å². The molecule has 46 heavy (non-hydrogen) atoms. The Morgan fingerprint density at radius 1 is 0.674 bits per heavy atom. The van der Waals surface area contributed by atoms with E-state index in [-0.39, 0.29) is 18.9 Å². The molecule has 0 saturated heterocycles. The third-order valence-electron chi connectivity index (χ3n) is 5.26. The molecule has 5 N–H and O–H groups in total. The minimum atomic E-state index is -4.71. The first-order valence-corrected chi connectivity index (χ1v) is 13.5.